The van der Waals surface area contributed by atoms with E-state index >= 15 is 0 Å². The van der Waals surface area contributed by atoms with Crippen LogP contribution in [0.5, 0.6) is 6.08 Å². The first-order valence-corrected chi connectivity index (χ1v) is 3.99. The van der Waals surface area contributed by atoms with E-state index in [1.807, 2.05) is 24.3 Å². The standard InChI is InChI=1S/C10H9NO2/c1-2-7-12-10-11-8-5-3-4-6-9(8)13-10/h2-6H,1,7H2. The topological polar surface area (TPSA) is 35.3 Å². The van der Waals surface area contributed by atoms with Gasteiger partial charge in [-0.05, 0) is 12.1 Å². The van der Waals surface area contributed by atoms with E-state index in [0.717, 1.165) is 11.1 Å². The highest BCUT2D eigenvalue weighted by molar-refractivity contribution is 5.72. The first-order valence-electron chi connectivity index (χ1n) is 3.99. The Balaban J connectivity index is 2.32. The minimum atomic E-state index is 0.293. The van der Waals surface area contributed by atoms with Crippen LogP contribution in [0.15, 0.2) is 41.3 Å². The van der Waals surface area contributed by atoms with Gasteiger partial charge in [-0.25, -0.2) is 0 Å². The zero-order chi connectivity index (χ0) is 9.10. The first-order chi connectivity index (χ1) is 6.40. The van der Waals surface area contributed by atoms with E-state index in [1.54, 1.807) is 6.08 Å². The van der Waals surface area contributed by atoms with E-state index in [0.29, 0.717) is 12.7 Å². The molecule has 13 heavy (non-hydrogen) atoms. The summed E-state index contributed by atoms with van der Waals surface area (Å²) in [6.45, 7) is 3.94. The van der Waals surface area contributed by atoms with E-state index < -0.39 is 0 Å². The predicted octanol–water partition coefficient (Wildman–Crippen LogP) is 2.39. The number of nitrogens with zero attached hydrogens (tertiary/aromatic N) is 1. The molecule has 0 amide bonds. The SMILES string of the molecule is C=CCOc1nc2ccccc2o1. The van der Waals surface area contributed by atoms with E-state index in [4.69, 9.17) is 9.15 Å². The lowest BCUT2D eigenvalue weighted by Gasteiger charge is -1.92. The molecule has 0 aliphatic carbocycles. The average Bonchev–Trinajstić information content (AvgIpc) is 2.57. The number of hydrogen-bond donors (Lipinski definition) is 0. The van der Waals surface area contributed by atoms with E-state index in [9.17, 15) is 0 Å². The van der Waals surface area contributed by atoms with Crippen LogP contribution < -0.4 is 4.74 Å². The molecule has 0 unspecified atom stereocenters. The van der Waals surface area contributed by atoms with Crippen molar-refractivity contribution in [1.82, 2.24) is 4.98 Å². The molecule has 3 heteroatoms. The fourth-order valence-electron chi connectivity index (χ4n) is 1.04. The quantitative estimate of drug-likeness (QED) is 0.672. The van der Waals surface area contributed by atoms with Gasteiger partial charge in [0.2, 0.25) is 0 Å². The van der Waals surface area contributed by atoms with Crippen LogP contribution in [0.25, 0.3) is 11.1 Å². The highest BCUT2D eigenvalue weighted by atomic mass is 16.6. The molecule has 0 radical (unpaired) electrons. The van der Waals surface area contributed by atoms with Gasteiger partial charge < -0.3 is 9.15 Å². The molecule has 2 aromatic rings. The number of hydrogen-bond acceptors (Lipinski definition) is 3. The summed E-state index contributed by atoms with van der Waals surface area (Å²) in [7, 11) is 0. The van der Waals surface area contributed by atoms with Crippen molar-refractivity contribution in [1.29, 1.82) is 0 Å². The molecule has 1 heterocycles. The third-order valence-electron chi connectivity index (χ3n) is 1.60. The average molecular weight is 175 g/mol. The molecule has 0 N–H and O–H groups in total. The molecule has 0 saturated heterocycles. The Morgan fingerprint density at radius 1 is 1.46 bits per heavy atom. The number of rotatable bonds is 3. The second-order valence-electron chi connectivity index (χ2n) is 2.55. The van der Waals surface area contributed by atoms with Gasteiger partial charge in [0.25, 0.3) is 0 Å². The largest absolute Gasteiger partial charge is 0.446 e. The van der Waals surface area contributed by atoms with E-state index in [-0.39, 0.29) is 0 Å². The van der Waals surface area contributed by atoms with Crippen molar-refractivity contribution in [3.05, 3.63) is 36.9 Å². The van der Waals surface area contributed by atoms with Gasteiger partial charge in [-0.3, -0.25) is 0 Å². The lowest BCUT2D eigenvalue weighted by Crippen LogP contribution is -1.91. The normalized spacial score (nSPS) is 10.2. The molecular formula is C10H9NO2. The van der Waals surface area contributed by atoms with E-state index in [1.165, 1.54) is 0 Å². The van der Waals surface area contributed by atoms with Crippen molar-refractivity contribution in [2.45, 2.75) is 0 Å². The molecule has 0 saturated carbocycles. The molecule has 66 valence electrons. The summed E-state index contributed by atoms with van der Waals surface area (Å²) in [5.41, 5.74) is 1.54. The predicted molar refractivity (Wildman–Crippen MR) is 49.7 cm³/mol. The molecule has 0 aliphatic heterocycles. The maximum absolute atomic E-state index is 5.29. The van der Waals surface area contributed by atoms with Crippen LogP contribution in [-0.2, 0) is 0 Å². The zero-order valence-electron chi connectivity index (χ0n) is 7.06. The van der Waals surface area contributed by atoms with Crippen molar-refractivity contribution >= 4 is 11.1 Å². The molecule has 0 aliphatic rings. The van der Waals surface area contributed by atoms with Crippen molar-refractivity contribution in [3.63, 3.8) is 0 Å². The summed E-state index contributed by atoms with van der Waals surface area (Å²) in [5, 5.41) is 0. The molecule has 1 aromatic carbocycles. The van der Waals surface area contributed by atoms with Gasteiger partial charge in [0, 0.05) is 0 Å². The van der Waals surface area contributed by atoms with Gasteiger partial charge in [-0.15, -0.1) is 0 Å². The van der Waals surface area contributed by atoms with E-state index in [2.05, 4.69) is 11.6 Å². The van der Waals surface area contributed by atoms with Crippen LogP contribution in [0.3, 0.4) is 0 Å². The molecule has 2 rings (SSSR count). The van der Waals surface area contributed by atoms with Crippen LogP contribution in [-0.4, -0.2) is 11.6 Å². The number of fused-ring (bicyclic) bond motifs is 1. The summed E-state index contributed by atoms with van der Waals surface area (Å²) < 4.78 is 10.4. The van der Waals surface area contributed by atoms with Crippen molar-refractivity contribution < 1.29 is 9.15 Å². The van der Waals surface area contributed by atoms with Crippen LogP contribution in [0, 0.1) is 0 Å². The highest BCUT2D eigenvalue weighted by Gasteiger charge is 2.03. The molecule has 0 fully saturated rings. The monoisotopic (exact) mass is 175 g/mol. The Bertz CT molecular complexity index is 387. The number of para-hydroxylation sites is 2. The molecule has 0 bridgehead atoms. The summed E-state index contributed by atoms with van der Waals surface area (Å²) in [6, 6.07) is 7.52. The van der Waals surface area contributed by atoms with Gasteiger partial charge in [-0.1, -0.05) is 24.8 Å². The number of ether oxygens (including phenoxy) is 1. The maximum Gasteiger partial charge on any atom is 0.394 e. The van der Waals surface area contributed by atoms with Gasteiger partial charge in [0.15, 0.2) is 5.58 Å². The van der Waals surface area contributed by atoms with Gasteiger partial charge in [-0.2, -0.15) is 4.98 Å². The lowest BCUT2D eigenvalue weighted by molar-refractivity contribution is 0.266. The van der Waals surface area contributed by atoms with Gasteiger partial charge in [0.05, 0.1) is 0 Å². The lowest BCUT2D eigenvalue weighted by atomic mass is 10.3. The summed E-state index contributed by atoms with van der Waals surface area (Å²) in [6.07, 6.45) is 1.94. The van der Waals surface area contributed by atoms with Gasteiger partial charge >= 0.3 is 6.08 Å². The molecule has 0 atom stereocenters. The fourth-order valence-corrected chi connectivity index (χ4v) is 1.04. The molecule has 1 aromatic heterocycles. The maximum atomic E-state index is 5.29. The van der Waals surface area contributed by atoms with Crippen molar-refractivity contribution in [2.24, 2.45) is 0 Å². The number of aromatic nitrogens is 1. The molecule has 3 nitrogen and oxygen atoms in total. The van der Waals surface area contributed by atoms with Crippen molar-refractivity contribution in [3.8, 4) is 6.08 Å². The fraction of sp³-hybridized carbons (Fsp3) is 0.100. The van der Waals surface area contributed by atoms with Crippen LogP contribution in [0.2, 0.25) is 0 Å². The van der Waals surface area contributed by atoms with Crippen molar-refractivity contribution in [2.75, 3.05) is 6.61 Å². The Kier molecular flexibility index (Phi) is 2.00. The zero-order valence-corrected chi connectivity index (χ0v) is 7.06. The Labute approximate surface area is 75.6 Å². The van der Waals surface area contributed by atoms with Crippen LogP contribution in [0.4, 0.5) is 0 Å². The Hall–Kier alpha value is -1.77. The first kappa shape index (κ1) is 7.86. The summed E-state index contributed by atoms with van der Waals surface area (Å²) >= 11 is 0. The summed E-state index contributed by atoms with van der Waals surface area (Å²) in [5.74, 6) is 0. The highest BCUT2D eigenvalue weighted by Crippen LogP contribution is 2.19. The second kappa shape index (κ2) is 3.31. The van der Waals surface area contributed by atoms with Gasteiger partial charge in [0.1, 0.15) is 12.1 Å². The smallest absolute Gasteiger partial charge is 0.394 e. The Morgan fingerprint density at radius 3 is 3.08 bits per heavy atom. The minimum absolute atomic E-state index is 0.293. The third kappa shape index (κ3) is 1.54. The molecule has 0 spiro atoms. The Morgan fingerprint density at radius 2 is 2.31 bits per heavy atom. The second-order valence-corrected chi connectivity index (χ2v) is 2.55. The third-order valence-corrected chi connectivity index (χ3v) is 1.60. The van der Waals surface area contributed by atoms with Crippen LogP contribution >= 0.6 is 0 Å². The minimum Gasteiger partial charge on any atom is -0.446 e. The summed E-state index contributed by atoms with van der Waals surface area (Å²) in [4.78, 5) is 4.11. The number of oxazole rings is 1. The number of benzene rings is 1. The van der Waals surface area contributed by atoms with Crippen LogP contribution in [0.1, 0.15) is 0 Å². The molecular weight excluding hydrogens is 166 g/mol.